The third-order valence-corrected chi connectivity index (χ3v) is 4.74. The second-order valence-electron chi connectivity index (χ2n) is 5.74. The first-order valence-electron chi connectivity index (χ1n) is 8.44. The molecule has 0 aliphatic rings. The van der Waals surface area contributed by atoms with Crippen LogP contribution in [0.25, 0.3) is 0 Å². The van der Waals surface area contributed by atoms with Gasteiger partial charge in [0.1, 0.15) is 0 Å². The van der Waals surface area contributed by atoms with E-state index in [1.54, 1.807) is 29.6 Å². The first-order chi connectivity index (χ1) is 13.2. The van der Waals surface area contributed by atoms with Crippen molar-refractivity contribution in [2.24, 2.45) is 0 Å². The van der Waals surface area contributed by atoms with Gasteiger partial charge in [0.15, 0.2) is 16.4 Å². The van der Waals surface area contributed by atoms with Gasteiger partial charge in [-0.15, -0.1) is 11.3 Å². The van der Waals surface area contributed by atoms with Gasteiger partial charge in [-0.1, -0.05) is 42.5 Å². The Bertz CT molecular complexity index is 921. The lowest BCUT2D eigenvalue weighted by atomic mass is 10.1. The van der Waals surface area contributed by atoms with Gasteiger partial charge in [-0.2, -0.15) is 0 Å². The number of anilines is 1. The lowest BCUT2D eigenvalue weighted by Crippen LogP contribution is -2.13. The van der Waals surface area contributed by atoms with Gasteiger partial charge in [0.2, 0.25) is 5.91 Å². The molecule has 1 aromatic heterocycles. The Morgan fingerprint density at radius 1 is 0.963 bits per heavy atom. The number of carbonyl (C=O) groups is 2. The number of hydrogen-bond donors (Lipinski definition) is 1. The van der Waals surface area contributed by atoms with Gasteiger partial charge in [-0.05, 0) is 35.6 Å². The Kier molecular flexibility index (Phi) is 6.22. The second-order valence-corrected chi connectivity index (χ2v) is 6.65. The molecule has 0 unspecified atom stereocenters. The maximum atomic E-state index is 12.3. The van der Waals surface area contributed by atoms with E-state index < -0.39 is 5.97 Å². The van der Waals surface area contributed by atoms with Crippen molar-refractivity contribution in [3.63, 3.8) is 0 Å². The molecule has 0 bridgehead atoms. The minimum absolute atomic E-state index is 0.103. The van der Waals surface area contributed by atoms with Gasteiger partial charge in [-0.25, -0.2) is 4.79 Å². The summed E-state index contributed by atoms with van der Waals surface area (Å²) in [5.74, 6) is 0.310. The molecule has 0 spiro atoms. The van der Waals surface area contributed by atoms with Crippen LogP contribution in [0.2, 0.25) is 0 Å². The molecule has 1 N–H and O–H groups in total. The van der Waals surface area contributed by atoms with Crippen molar-refractivity contribution in [2.75, 3.05) is 12.4 Å². The Morgan fingerprint density at radius 3 is 2.48 bits per heavy atom. The highest BCUT2D eigenvalue weighted by Gasteiger charge is 2.17. The average Bonchev–Trinajstić information content (AvgIpc) is 3.16. The van der Waals surface area contributed by atoms with Gasteiger partial charge in [-0.3, -0.25) is 4.79 Å². The van der Waals surface area contributed by atoms with Crippen molar-refractivity contribution >= 4 is 28.9 Å². The molecule has 0 fully saturated rings. The van der Waals surface area contributed by atoms with Crippen LogP contribution in [-0.4, -0.2) is 19.0 Å². The fraction of sp³-hybridized carbons (Fsp3) is 0.143. The molecular weight excluding hydrogens is 362 g/mol. The monoisotopic (exact) mass is 381 g/mol. The first kappa shape index (κ1) is 18.7. The molecule has 3 aromatic rings. The molecule has 0 atom stereocenters. The van der Waals surface area contributed by atoms with Gasteiger partial charge >= 0.3 is 5.97 Å². The van der Waals surface area contributed by atoms with Crippen LogP contribution in [-0.2, 0) is 16.0 Å². The number of aryl methyl sites for hydroxylation is 1. The number of methoxy groups -OCH3 is 1. The summed E-state index contributed by atoms with van der Waals surface area (Å²) in [6.07, 6.45) is 1.02. The quantitative estimate of drug-likeness (QED) is 0.591. The summed E-state index contributed by atoms with van der Waals surface area (Å²) in [4.78, 5) is 24.5. The van der Waals surface area contributed by atoms with Crippen LogP contribution in [0.15, 0.2) is 66.0 Å². The van der Waals surface area contributed by atoms with Gasteiger partial charge < -0.3 is 14.8 Å². The minimum Gasteiger partial charge on any atom is -0.465 e. The smallest absolute Gasteiger partial charge is 0.351 e. The lowest BCUT2D eigenvalue weighted by Gasteiger charge is -2.12. The first-order valence-corrected chi connectivity index (χ1v) is 9.32. The lowest BCUT2D eigenvalue weighted by molar-refractivity contribution is -0.116. The summed E-state index contributed by atoms with van der Waals surface area (Å²) in [7, 11) is 1.33. The number of carbonyl (C=O) groups excluding carboxylic acids is 2. The van der Waals surface area contributed by atoms with E-state index in [1.165, 1.54) is 18.4 Å². The Hall–Kier alpha value is -3.12. The highest BCUT2D eigenvalue weighted by molar-refractivity contribution is 7.12. The molecule has 0 saturated carbocycles. The molecule has 1 amide bonds. The summed E-state index contributed by atoms with van der Waals surface area (Å²) in [6.45, 7) is 0. The number of thiophene rings is 1. The van der Waals surface area contributed by atoms with Gasteiger partial charge in [0, 0.05) is 6.42 Å². The fourth-order valence-corrected chi connectivity index (χ4v) is 3.25. The zero-order valence-corrected chi connectivity index (χ0v) is 15.6. The average molecular weight is 381 g/mol. The standard InChI is InChI=1S/C21H19NO4S/c1-25-21(24)20-18(13-14-27-20)26-17-10-6-5-9-16(17)22-19(23)12-11-15-7-3-2-4-8-15/h2-10,13-14H,11-12H2,1H3,(H,22,23). The van der Waals surface area contributed by atoms with Crippen LogP contribution in [0.1, 0.15) is 21.7 Å². The largest absolute Gasteiger partial charge is 0.465 e. The van der Waals surface area contributed by atoms with E-state index in [4.69, 9.17) is 9.47 Å². The Balaban J connectivity index is 1.68. The molecule has 138 valence electrons. The van der Waals surface area contributed by atoms with Crippen LogP contribution in [0.3, 0.4) is 0 Å². The van der Waals surface area contributed by atoms with Gasteiger partial charge in [0.05, 0.1) is 12.8 Å². The summed E-state index contributed by atoms with van der Waals surface area (Å²) < 4.78 is 10.6. The van der Waals surface area contributed by atoms with Crippen molar-refractivity contribution < 1.29 is 19.1 Å². The van der Waals surface area contributed by atoms with Gasteiger partial charge in [0.25, 0.3) is 0 Å². The van der Waals surface area contributed by atoms with E-state index in [0.29, 0.717) is 34.9 Å². The van der Waals surface area contributed by atoms with Crippen molar-refractivity contribution in [3.05, 3.63) is 76.5 Å². The maximum absolute atomic E-state index is 12.3. The van der Waals surface area contributed by atoms with Crippen molar-refractivity contribution in [3.8, 4) is 11.5 Å². The summed E-state index contributed by atoms with van der Waals surface area (Å²) >= 11 is 1.24. The molecule has 0 aliphatic heterocycles. The van der Waals surface area contributed by atoms with E-state index in [9.17, 15) is 9.59 Å². The maximum Gasteiger partial charge on any atom is 0.351 e. The number of benzene rings is 2. The zero-order valence-electron chi connectivity index (χ0n) is 14.8. The number of hydrogen-bond acceptors (Lipinski definition) is 5. The van der Waals surface area contributed by atoms with E-state index in [0.717, 1.165) is 5.56 Å². The highest BCUT2D eigenvalue weighted by Crippen LogP contribution is 2.34. The molecule has 3 rings (SSSR count). The molecule has 27 heavy (non-hydrogen) atoms. The van der Waals surface area contributed by atoms with Crippen LogP contribution >= 0.6 is 11.3 Å². The van der Waals surface area contributed by atoms with E-state index >= 15 is 0 Å². The minimum atomic E-state index is -0.454. The van der Waals surface area contributed by atoms with Crippen molar-refractivity contribution in [2.45, 2.75) is 12.8 Å². The SMILES string of the molecule is COC(=O)c1sccc1Oc1ccccc1NC(=O)CCc1ccccc1. The molecule has 6 heteroatoms. The third-order valence-electron chi connectivity index (χ3n) is 3.86. The predicted molar refractivity (Wildman–Crippen MR) is 106 cm³/mol. The second kappa shape index (κ2) is 9.00. The predicted octanol–water partition coefficient (Wildman–Crippen LogP) is 4.90. The molecule has 5 nitrogen and oxygen atoms in total. The summed E-state index contributed by atoms with van der Waals surface area (Å²) in [5.41, 5.74) is 1.66. The van der Waals surface area contributed by atoms with E-state index in [2.05, 4.69) is 5.32 Å². The molecule has 2 aromatic carbocycles. The molecule has 0 aliphatic carbocycles. The topological polar surface area (TPSA) is 64.6 Å². The van der Waals surface area contributed by atoms with E-state index in [-0.39, 0.29) is 5.91 Å². The Morgan fingerprint density at radius 2 is 1.70 bits per heavy atom. The van der Waals surface area contributed by atoms with Crippen LogP contribution in [0.4, 0.5) is 5.69 Å². The summed E-state index contributed by atoms with van der Waals surface area (Å²) in [5, 5.41) is 4.63. The number of nitrogens with one attached hydrogen (secondary N) is 1. The van der Waals surface area contributed by atoms with Crippen LogP contribution in [0, 0.1) is 0 Å². The van der Waals surface area contributed by atoms with Crippen molar-refractivity contribution in [1.29, 1.82) is 0 Å². The Labute approximate surface area is 161 Å². The van der Waals surface area contributed by atoms with Crippen LogP contribution < -0.4 is 10.1 Å². The number of rotatable bonds is 7. The molecule has 0 saturated heterocycles. The third kappa shape index (κ3) is 4.95. The molecule has 0 radical (unpaired) electrons. The van der Waals surface area contributed by atoms with E-state index in [1.807, 2.05) is 36.4 Å². The fourth-order valence-electron chi connectivity index (χ4n) is 2.51. The number of amides is 1. The van der Waals surface area contributed by atoms with Crippen LogP contribution in [0.5, 0.6) is 11.5 Å². The number of esters is 1. The van der Waals surface area contributed by atoms with Crippen molar-refractivity contribution in [1.82, 2.24) is 0 Å². The summed E-state index contributed by atoms with van der Waals surface area (Å²) in [6, 6.07) is 18.7. The normalized spacial score (nSPS) is 10.3. The zero-order chi connectivity index (χ0) is 19.1. The highest BCUT2D eigenvalue weighted by atomic mass is 32.1. The number of ether oxygens (including phenoxy) is 2. The molecule has 1 heterocycles. The number of para-hydroxylation sites is 2. The molecular formula is C21H19NO4S.